The molecule has 35 heavy (non-hydrogen) atoms. The topological polar surface area (TPSA) is 67.7 Å². The van der Waals surface area contributed by atoms with E-state index in [2.05, 4.69) is 4.98 Å². The number of aromatic nitrogens is 2. The summed E-state index contributed by atoms with van der Waals surface area (Å²) < 4.78 is 60.4. The van der Waals surface area contributed by atoms with Crippen molar-refractivity contribution in [3.63, 3.8) is 0 Å². The molecule has 4 rings (SSSR count). The van der Waals surface area contributed by atoms with E-state index in [-0.39, 0.29) is 41.6 Å². The van der Waals surface area contributed by atoms with Crippen molar-refractivity contribution >= 4 is 12.0 Å². The minimum atomic E-state index is -4.84. The van der Waals surface area contributed by atoms with Gasteiger partial charge in [0.2, 0.25) is 0 Å². The number of alkyl halides is 3. The van der Waals surface area contributed by atoms with Crippen LogP contribution in [0.1, 0.15) is 42.4 Å². The lowest BCUT2D eigenvalue weighted by Crippen LogP contribution is -2.39. The number of fused-ring (bicyclic) bond motifs is 1. The zero-order valence-electron chi connectivity index (χ0n) is 20.0. The lowest BCUT2D eigenvalue weighted by Gasteiger charge is -2.27. The second-order valence-corrected chi connectivity index (χ2v) is 10.3. The van der Waals surface area contributed by atoms with Crippen LogP contribution in [0.4, 0.5) is 22.4 Å². The van der Waals surface area contributed by atoms with Crippen molar-refractivity contribution in [1.29, 1.82) is 0 Å². The van der Waals surface area contributed by atoms with Crippen molar-refractivity contribution in [2.75, 3.05) is 19.6 Å². The normalized spacial score (nSPS) is 21.6. The predicted octanol–water partition coefficient (Wildman–Crippen LogP) is 4.33. The van der Waals surface area contributed by atoms with Crippen LogP contribution in [0.3, 0.4) is 0 Å². The molecule has 2 amide bonds. The van der Waals surface area contributed by atoms with Crippen LogP contribution in [-0.4, -0.2) is 56.6 Å². The lowest BCUT2D eigenvalue weighted by atomic mass is 10.1. The molecule has 0 N–H and O–H groups in total. The highest BCUT2D eigenvalue weighted by atomic mass is 19.4. The summed E-state index contributed by atoms with van der Waals surface area (Å²) in [5.74, 6) is -1.31. The number of imidazole rings is 1. The smallest absolute Gasteiger partial charge is 0.419 e. The Morgan fingerprint density at radius 3 is 2.37 bits per heavy atom. The fourth-order valence-corrected chi connectivity index (χ4v) is 4.66. The van der Waals surface area contributed by atoms with Gasteiger partial charge in [0, 0.05) is 39.4 Å². The van der Waals surface area contributed by atoms with Crippen LogP contribution in [0.2, 0.25) is 0 Å². The number of piperidine rings is 1. The lowest BCUT2D eigenvalue weighted by molar-refractivity contribution is -0.140. The Balaban J connectivity index is 1.48. The van der Waals surface area contributed by atoms with Crippen LogP contribution < -0.4 is 0 Å². The highest BCUT2D eigenvalue weighted by molar-refractivity contribution is 5.92. The van der Waals surface area contributed by atoms with Crippen LogP contribution in [-0.2, 0) is 24.5 Å². The number of hydrogen-bond donors (Lipinski definition) is 0. The maximum Gasteiger partial charge on any atom is 0.419 e. The van der Waals surface area contributed by atoms with Gasteiger partial charge in [-0.3, -0.25) is 4.79 Å². The van der Waals surface area contributed by atoms with Crippen molar-refractivity contribution in [1.82, 2.24) is 19.4 Å². The number of benzene rings is 1. The van der Waals surface area contributed by atoms with Crippen molar-refractivity contribution in [3.05, 3.63) is 53.4 Å². The largest absolute Gasteiger partial charge is 0.444 e. The molecule has 1 aliphatic heterocycles. The van der Waals surface area contributed by atoms with Crippen LogP contribution in [0.15, 0.2) is 30.7 Å². The van der Waals surface area contributed by atoms with Gasteiger partial charge in [-0.15, -0.1) is 0 Å². The number of hydrogen-bond acceptors (Lipinski definition) is 4. The molecule has 1 aliphatic carbocycles. The Morgan fingerprint density at radius 2 is 1.83 bits per heavy atom. The molecule has 11 heteroatoms. The van der Waals surface area contributed by atoms with Crippen molar-refractivity contribution < 1.29 is 31.9 Å². The number of ether oxygens (including phenoxy) is 1. The summed E-state index contributed by atoms with van der Waals surface area (Å²) in [6.07, 6.45) is -2.21. The van der Waals surface area contributed by atoms with Crippen LogP contribution in [0.25, 0.3) is 0 Å². The molecular formula is C24H28F4N4O3. The van der Waals surface area contributed by atoms with Crippen LogP contribution >= 0.6 is 0 Å². The summed E-state index contributed by atoms with van der Waals surface area (Å²) in [5.41, 5.74) is -1.62. The number of nitrogens with zero attached hydrogens (tertiary/aromatic N) is 4. The standard InChI is InChI=1S/C24H28F4N4O3/c1-23(2,3)35-22(34)32-10-16-15(17(16)11-32)9-31(21(33)20-12-30(4)13-29-20)8-14-5-6-19(25)18(7-14)24(26,27)28/h5-7,12-13,15-17H,8-11H2,1-4H3. The van der Waals surface area contributed by atoms with Crippen LogP contribution in [0, 0.1) is 23.6 Å². The molecule has 7 nitrogen and oxygen atoms in total. The Hall–Kier alpha value is -3.11. The molecule has 0 radical (unpaired) electrons. The summed E-state index contributed by atoms with van der Waals surface area (Å²) in [5, 5.41) is 0. The van der Waals surface area contributed by atoms with Crippen molar-refractivity contribution in [2.24, 2.45) is 24.8 Å². The number of carbonyl (C=O) groups is 2. The fraction of sp³-hybridized carbons (Fsp3) is 0.542. The number of rotatable bonds is 5. The summed E-state index contributed by atoms with van der Waals surface area (Å²) in [4.78, 5) is 32.7. The van der Waals surface area contributed by atoms with Crippen molar-refractivity contribution in [3.8, 4) is 0 Å². The average Bonchev–Trinajstić information content (AvgIpc) is 3.09. The van der Waals surface area contributed by atoms with E-state index in [4.69, 9.17) is 4.74 Å². The molecule has 2 aromatic rings. The highest BCUT2D eigenvalue weighted by Crippen LogP contribution is 2.52. The van der Waals surface area contributed by atoms with E-state index in [1.165, 1.54) is 17.3 Å². The first-order valence-electron chi connectivity index (χ1n) is 11.3. The SMILES string of the molecule is Cn1cnc(C(=O)N(Cc2ccc(F)c(C(F)(F)F)c2)CC2C3CN(C(=O)OC(C)(C)C)CC32)c1. The van der Waals surface area contributed by atoms with Gasteiger partial charge < -0.3 is 19.1 Å². The molecule has 2 fully saturated rings. The van der Waals surface area contributed by atoms with Gasteiger partial charge in [-0.1, -0.05) is 6.07 Å². The molecule has 1 aromatic heterocycles. The zero-order valence-corrected chi connectivity index (χ0v) is 20.0. The fourth-order valence-electron chi connectivity index (χ4n) is 4.66. The van der Waals surface area contributed by atoms with Gasteiger partial charge >= 0.3 is 12.3 Å². The van der Waals surface area contributed by atoms with Crippen molar-refractivity contribution in [2.45, 2.75) is 39.1 Å². The number of amides is 2. The Labute approximate surface area is 200 Å². The zero-order chi connectivity index (χ0) is 25.7. The molecule has 2 heterocycles. The number of halogens is 4. The monoisotopic (exact) mass is 496 g/mol. The van der Waals surface area contributed by atoms with E-state index in [9.17, 15) is 27.2 Å². The second-order valence-electron chi connectivity index (χ2n) is 10.3. The van der Waals surface area contributed by atoms with Gasteiger partial charge in [-0.05, 0) is 56.2 Å². The number of carbonyl (C=O) groups excluding carboxylic acids is 2. The van der Waals surface area contributed by atoms with Gasteiger partial charge in [0.15, 0.2) is 0 Å². The van der Waals surface area contributed by atoms with E-state index in [0.717, 1.165) is 12.1 Å². The minimum Gasteiger partial charge on any atom is -0.444 e. The first-order valence-corrected chi connectivity index (χ1v) is 11.3. The third kappa shape index (κ3) is 5.59. The molecule has 190 valence electrons. The molecule has 1 saturated carbocycles. The maximum atomic E-state index is 13.8. The molecule has 1 aromatic carbocycles. The van der Waals surface area contributed by atoms with E-state index < -0.39 is 29.1 Å². The van der Waals surface area contributed by atoms with Crippen LogP contribution in [0.5, 0.6) is 0 Å². The molecule has 0 bridgehead atoms. The second kappa shape index (κ2) is 8.83. The Kier molecular flexibility index (Phi) is 6.31. The van der Waals surface area contributed by atoms with E-state index >= 15 is 0 Å². The van der Waals surface area contributed by atoms with Gasteiger partial charge in [0.25, 0.3) is 5.91 Å². The van der Waals surface area contributed by atoms with Gasteiger partial charge in [0.05, 0.1) is 11.9 Å². The third-order valence-corrected chi connectivity index (χ3v) is 6.38. The molecule has 2 aliphatic rings. The summed E-state index contributed by atoms with van der Waals surface area (Å²) in [6.45, 7) is 6.58. The van der Waals surface area contributed by atoms with Gasteiger partial charge in [-0.2, -0.15) is 13.2 Å². The average molecular weight is 497 g/mol. The number of aryl methyl sites for hydroxylation is 1. The number of likely N-dealkylation sites (tertiary alicyclic amines) is 1. The first kappa shape index (κ1) is 25.0. The maximum absolute atomic E-state index is 13.8. The molecule has 2 atom stereocenters. The molecular weight excluding hydrogens is 468 g/mol. The molecule has 2 unspecified atom stereocenters. The molecule has 1 saturated heterocycles. The highest BCUT2D eigenvalue weighted by Gasteiger charge is 2.57. The molecule has 0 spiro atoms. The summed E-state index contributed by atoms with van der Waals surface area (Å²) in [7, 11) is 1.71. The van der Waals surface area contributed by atoms with E-state index in [1.54, 1.807) is 43.5 Å². The summed E-state index contributed by atoms with van der Waals surface area (Å²) in [6, 6.07) is 2.76. The summed E-state index contributed by atoms with van der Waals surface area (Å²) >= 11 is 0. The minimum absolute atomic E-state index is 0.101. The first-order chi connectivity index (χ1) is 16.2. The van der Waals surface area contributed by atoms with Gasteiger partial charge in [0.1, 0.15) is 17.1 Å². The Bertz CT molecular complexity index is 1110. The van der Waals surface area contributed by atoms with E-state index in [1.807, 2.05) is 0 Å². The van der Waals surface area contributed by atoms with Gasteiger partial charge in [-0.25, -0.2) is 14.2 Å². The quantitative estimate of drug-likeness (QED) is 0.578. The Morgan fingerprint density at radius 1 is 1.17 bits per heavy atom. The van der Waals surface area contributed by atoms with E-state index in [0.29, 0.717) is 19.6 Å². The third-order valence-electron chi connectivity index (χ3n) is 6.38. The predicted molar refractivity (Wildman–Crippen MR) is 118 cm³/mol.